The molecule has 2 heterocycles. The van der Waals surface area contributed by atoms with Gasteiger partial charge in [-0.2, -0.15) is 5.10 Å². The fraction of sp³-hybridized carbons (Fsp3) is 0.300. The van der Waals surface area contributed by atoms with Gasteiger partial charge < -0.3 is 15.4 Å². The number of aromatic amines is 1. The number of nitrogens with zero attached hydrogens (tertiary/aromatic N) is 4. The van der Waals surface area contributed by atoms with Crippen LogP contribution < -0.4 is 5.32 Å². The summed E-state index contributed by atoms with van der Waals surface area (Å²) in [5.41, 5.74) is 0.240. The number of nitro groups is 1. The van der Waals surface area contributed by atoms with Crippen molar-refractivity contribution in [1.29, 1.82) is 0 Å². The number of carbonyl (C=O) groups excluding carboxylic acids is 1. The van der Waals surface area contributed by atoms with E-state index in [1.807, 2.05) is 0 Å². The van der Waals surface area contributed by atoms with Crippen LogP contribution in [0, 0.1) is 10.1 Å². The molecule has 2 aromatic rings. The molecule has 0 aliphatic rings. The van der Waals surface area contributed by atoms with E-state index in [-0.39, 0.29) is 17.4 Å². The summed E-state index contributed by atoms with van der Waals surface area (Å²) in [6, 6.07) is 2.72. The van der Waals surface area contributed by atoms with Gasteiger partial charge >= 0.3 is 5.82 Å². The van der Waals surface area contributed by atoms with Crippen molar-refractivity contribution in [3.63, 3.8) is 0 Å². The van der Waals surface area contributed by atoms with Gasteiger partial charge in [0.2, 0.25) is 0 Å². The number of hydrogen-bond acceptors (Lipinski definition) is 5. The monoisotopic (exact) mass is 264 g/mol. The first-order valence-corrected chi connectivity index (χ1v) is 5.52. The standard InChI is InChI=1S/C10H12N6O3/c1-15-7(2-3-9(15)16(18)19)10(17)11-5-4-8-12-6-13-14-8/h2-3,6H,4-5H2,1H3,(H,11,17)(H,12,13,14). The first-order chi connectivity index (χ1) is 9.09. The summed E-state index contributed by atoms with van der Waals surface area (Å²) in [7, 11) is 1.48. The van der Waals surface area contributed by atoms with Gasteiger partial charge in [-0.25, -0.2) is 9.55 Å². The number of nitrogens with one attached hydrogen (secondary N) is 2. The van der Waals surface area contributed by atoms with Crippen LogP contribution in [0.1, 0.15) is 16.3 Å². The van der Waals surface area contributed by atoms with Gasteiger partial charge in [-0.1, -0.05) is 0 Å². The predicted octanol–water partition coefficient (Wildman–Crippen LogP) is 0.0239. The fourth-order valence-electron chi connectivity index (χ4n) is 1.65. The summed E-state index contributed by atoms with van der Waals surface area (Å²) in [5, 5.41) is 19.7. The molecule has 0 aliphatic heterocycles. The summed E-state index contributed by atoms with van der Waals surface area (Å²) < 4.78 is 1.24. The zero-order chi connectivity index (χ0) is 13.8. The lowest BCUT2D eigenvalue weighted by atomic mass is 10.3. The van der Waals surface area contributed by atoms with Crippen molar-refractivity contribution >= 4 is 11.7 Å². The van der Waals surface area contributed by atoms with Crippen LogP contribution in [-0.2, 0) is 13.5 Å². The van der Waals surface area contributed by atoms with Gasteiger partial charge in [0.05, 0.1) is 7.05 Å². The van der Waals surface area contributed by atoms with E-state index >= 15 is 0 Å². The third-order valence-corrected chi connectivity index (χ3v) is 2.63. The van der Waals surface area contributed by atoms with Crippen LogP contribution in [0.25, 0.3) is 0 Å². The number of aromatic nitrogens is 4. The third kappa shape index (κ3) is 2.76. The molecule has 9 nitrogen and oxygen atoms in total. The molecule has 0 aromatic carbocycles. The molecule has 0 radical (unpaired) electrons. The van der Waals surface area contributed by atoms with Crippen molar-refractivity contribution in [2.45, 2.75) is 6.42 Å². The maximum Gasteiger partial charge on any atom is 0.323 e. The van der Waals surface area contributed by atoms with Crippen molar-refractivity contribution in [2.75, 3.05) is 6.54 Å². The molecule has 0 fully saturated rings. The lowest BCUT2D eigenvalue weighted by Gasteiger charge is -2.02. The van der Waals surface area contributed by atoms with Gasteiger partial charge in [-0.3, -0.25) is 9.89 Å². The highest BCUT2D eigenvalue weighted by atomic mass is 16.6. The fourth-order valence-corrected chi connectivity index (χ4v) is 1.65. The lowest BCUT2D eigenvalue weighted by Crippen LogP contribution is -2.27. The van der Waals surface area contributed by atoms with E-state index in [2.05, 4.69) is 20.5 Å². The second-order valence-electron chi connectivity index (χ2n) is 3.83. The number of carbonyl (C=O) groups is 1. The van der Waals surface area contributed by atoms with Gasteiger partial charge in [0.1, 0.15) is 12.2 Å². The minimum atomic E-state index is -0.536. The smallest absolute Gasteiger partial charge is 0.323 e. The zero-order valence-corrected chi connectivity index (χ0v) is 10.2. The molecule has 0 saturated carbocycles. The summed E-state index contributed by atoms with van der Waals surface area (Å²) in [4.78, 5) is 25.9. The Hall–Kier alpha value is -2.71. The van der Waals surface area contributed by atoms with E-state index in [0.717, 1.165) is 0 Å². The van der Waals surface area contributed by atoms with Crippen molar-refractivity contribution < 1.29 is 9.72 Å². The molecule has 19 heavy (non-hydrogen) atoms. The highest BCUT2D eigenvalue weighted by molar-refractivity contribution is 5.93. The van der Waals surface area contributed by atoms with E-state index in [4.69, 9.17) is 0 Å². The van der Waals surface area contributed by atoms with E-state index in [1.54, 1.807) is 0 Å². The molecule has 0 unspecified atom stereocenters. The molecule has 9 heteroatoms. The van der Waals surface area contributed by atoms with Crippen LogP contribution >= 0.6 is 0 Å². The third-order valence-electron chi connectivity index (χ3n) is 2.63. The Morgan fingerprint density at radius 3 is 2.95 bits per heavy atom. The summed E-state index contributed by atoms with van der Waals surface area (Å²) in [6.07, 6.45) is 1.90. The second kappa shape index (κ2) is 5.29. The zero-order valence-electron chi connectivity index (χ0n) is 10.2. The van der Waals surface area contributed by atoms with Crippen LogP contribution in [0.3, 0.4) is 0 Å². The van der Waals surface area contributed by atoms with Gasteiger partial charge in [-0.05, 0) is 11.0 Å². The topological polar surface area (TPSA) is 119 Å². The first kappa shape index (κ1) is 12.7. The number of rotatable bonds is 5. The van der Waals surface area contributed by atoms with E-state index in [1.165, 1.54) is 30.1 Å². The molecule has 1 amide bonds. The molecule has 0 saturated heterocycles. The maximum atomic E-state index is 11.8. The predicted molar refractivity (Wildman–Crippen MR) is 64.5 cm³/mol. The Bertz CT molecular complexity index is 588. The first-order valence-electron chi connectivity index (χ1n) is 5.52. The van der Waals surface area contributed by atoms with Crippen LogP contribution in [-0.4, -0.2) is 37.1 Å². The Morgan fingerprint density at radius 1 is 1.58 bits per heavy atom. The van der Waals surface area contributed by atoms with E-state index in [0.29, 0.717) is 18.8 Å². The Morgan fingerprint density at radius 2 is 2.37 bits per heavy atom. The van der Waals surface area contributed by atoms with Crippen molar-refractivity contribution in [3.05, 3.63) is 40.1 Å². The van der Waals surface area contributed by atoms with Crippen molar-refractivity contribution in [2.24, 2.45) is 7.05 Å². The minimum Gasteiger partial charge on any atom is -0.358 e. The normalized spacial score (nSPS) is 10.4. The van der Waals surface area contributed by atoms with E-state index < -0.39 is 4.92 Å². The Balaban J connectivity index is 1.95. The van der Waals surface area contributed by atoms with Gasteiger partial charge in [0.25, 0.3) is 5.91 Å². The van der Waals surface area contributed by atoms with Crippen LogP contribution in [0.4, 0.5) is 5.82 Å². The summed E-state index contributed by atoms with van der Waals surface area (Å²) in [5.74, 6) is 0.175. The number of amides is 1. The van der Waals surface area contributed by atoms with E-state index in [9.17, 15) is 14.9 Å². The molecule has 0 atom stereocenters. The molecular weight excluding hydrogens is 252 g/mol. The second-order valence-corrected chi connectivity index (χ2v) is 3.83. The highest BCUT2D eigenvalue weighted by Crippen LogP contribution is 2.14. The van der Waals surface area contributed by atoms with Crippen LogP contribution in [0.15, 0.2) is 18.5 Å². The summed E-state index contributed by atoms with van der Waals surface area (Å²) in [6.45, 7) is 0.368. The minimum absolute atomic E-state index is 0.125. The Kier molecular flexibility index (Phi) is 3.55. The van der Waals surface area contributed by atoms with Gasteiger partial charge in [-0.15, -0.1) is 0 Å². The molecule has 0 spiro atoms. The maximum absolute atomic E-state index is 11.8. The van der Waals surface area contributed by atoms with Crippen LogP contribution in [0.5, 0.6) is 0 Å². The summed E-state index contributed by atoms with van der Waals surface area (Å²) >= 11 is 0. The Labute approximate surface area is 107 Å². The lowest BCUT2D eigenvalue weighted by molar-refractivity contribution is -0.391. The average Bonchev–Trinajstić information content (AvgIpc) is 2.98. The SMILES string of the molecule is Cn1c(C(=O)NCCc2ncn[nH]2)ccc1[N+](=O)[O-]. The average molecular weight is 264 g/mol. The van der Waals surface area contributed by atoms with Gasteiger partial charge in [0.15, 0.2) is 5.69 Å². The largest absolute Gasteiger partial charge is 0.358 e. The quantitative estimate of drug-likeness (QED) is 0.583. The van der Waals surface area contributed by atoms with Crippen molar-refractivity contribution in [3.8, 4) is 0 Å². The molecule has 0 bridgehead atoms. The molecule has 2 rings (SSSR count). The highest BCUT2D eigenvalue weighted by Gasteiger charge is 2.20. The number of H-pyrrole nitrogens is 1. The van der Waals surface area contributed by atoms with Gasteiger partial charge in [0, 0.05) is 19.0 Å². The number of hydrogen-bond donors (Lipinski definition) is 2. The molecule has 100 valence electrons. The van der Waals surface area contributed by atoms with Crippen LogP contribution in [0.2, 0.25) is 0 Å². The molecule has 0 aliphatic carbocycles. The van der Waals surface area contributed by atoms with Crippen molar-refractivity contribution in [1.82, 2.24) is 25.1 Å². The molecule has 2 aromatic heterocycles. The molecule has 2 N–H and O–H groups in total. The molecular formula is C10H12N6O3.